The highest BCUT2D eigenvalue weighted by atomic mass is 32.2. The van der Waals surface area contributed by atoms with Crippen LogP contribution in [0.2, 0.25) is 0 Å². The first-order valence-corrected chi connectivity index (χ1v) is 7.73. The second-order valence-electron chi connectivity index (χ2n) is 4.31. The maximum Gasteiger partial charge on any atom is 0.265 e. The van der Waals surface area contributed by atoms with Gasteiger partial charge in [0.05, 0.1) is 31.5 Å². The Morgan fingerprint density at radius 2 is 1.86 bits per heavy atom. The lowest BCUT2D eigenvalue weighted by Gasteiger charge is -2.13. The van der Waals surface area contributed by atoms with Gasteiger partial charge >= 0.3 is 0 Å². The summed E-state index contributed by atoms with van der Waals surface area (Å²) in [6, 6.07) is 12.6. The van der Waals surface area contributed by atoms with Crippen molar-refractivity contribution in [3.8, 4) is 17.6 Å². The first-order chi connectivity index (χ1) is 10.5. The summed E-state index contributed by atoms with van der Waals surface area (Å²) in [7, 11) is -1.05. The SMILES string of the molecule is COc1ccc(OC)c(S(=O)(=O)Nc2cccc(C#N)c2)c1. The molecule has 0 aliphatic heterocycles. The van der Waals surface area contributed by atoms with Crippen LogP contribution in [0.1, 0.15) is 5.56 Å². The number of hydrogen-bond acceptors (Lipinski definition) is 5. The largest absolute Gasteiger partial charge is 0.497 e. The molecule has 0 saturated heterocycles. The Bertz CT molecular complexity index is 826. The van der Waals surface area contributed by atoms with E-state index in [4.69, 9.17) is 14.7 Å². The van der Waals surface area contributed by atoms with Crippen LogP contribution in [0.15, 0.2) is 47.4 Å². The molecule has 0 aliphatic rings. The fraction of sp³-hybridized carbons (Fsp3) is 0.133. The predicted molar refractivity (Wildman–Crippen MR) is 81.5 cm³/mol. The molecule has 2 aromatic carbocycles. The van der Waals surface area contributed by atoms with Crippen LogP contribution in [-0.2, 0) is 10.0 Å². The topological polar surface area (TPSA) is 88.4 Å². The zero-order valence-corrected chi connectivity index (χ0v) is 12.8. The van der Waals surface area contributed by atoms with Crippen molar-refractivity contribution < 1.29 is 17.9 Å². The lowest BCUT2D eigenvalue weighted by atomic mass is 10.2. The van der Waals surface area contributed by atoms with Crippen molar-refractivity contribution in [2.24, 2.45) is 0 Å². The van der Waals surface area contributed by atoms with E-state index in [-0.39, 0.29) is 10.6 Å². The molecule has 1 N–H and O–H groups in total. The lowest BCUT2D eigenvalue weighted by molar-refractivity contribution is 0.392. The summed E-state index contributed by atoms with van der Waals surface area (Å²) in [5, 5.41) is 8.86. The molecular formula is C15H14N2O4S. The summed E-state index contributed by atoms with van der Waals surface area (Å²) in [5.74, 6) is 0.594. The zero-order chi connectivity index (χ0) is 16.2. The highest BCUT2D eigenvalue weighted by molar-refractivity contribution is 7.92. The molecule has 7 heteroatoms. The zero-order valence-electron chi connectivity index (χ0n) is 12.0. The molecule has 0 heterocycles. The second kappa shape index (κ2) is 6.37. The first-order valence-electron chi connectivity index (χ1n) is 6.25. The van der Waals surface area contributed by atoms with Crippen LogP contribution in [0.3, 0.4) is 0 Å². The van der Waals surface area contributed by atoms with Crippen molar-refractivity contribution in [2.75, 3.05) is 18.9 Å². The van der Waals surface area contributed by atoms with E-state index in [0.717, 1.165) is 0 Å². The van der Waals surface area contributed by atoms with Gasteiger partial charge in [-0.05, 0) is 30.3 Å². The average Bonchev–Trinajstić information content (AvgIpc) is 2.54. The van der Waals surface area contributed by atoms with E-state index >= 15 is 0 Å². The van der Waals surface area contributed by atoms with Crippen molar-refractivity contribution >= 4 is 15.7 Å². The predicted octanol–water partition coefficient (Wildman–Crippen LogP) is 2.38. The highest BCUT2D eigenvalue weighted by Gasteiger charge is 2.20. The Hall–Kier alpha value is -2.72. The minimum atomic E-state index is -3.88. The van der Waals surface area contributed by atoms with Gasteiger partial charge in [0.1, 0.15) is 16.4 Å². The van der Waals surface area contributed by atoms with Crippen molar-refractivity contribution in [1.29, 1.82) is 5.26 Å². The summed E-state index contributed by atoms with van der Waals surface area (Å²) >= 11 is 0. The fourth-order valence-corrected chi connectivity index (χ4v) is 3.09. The third-order valence-electron chi connectivity index (χ3n) is 2.90. The van der Waals surface area contributed by atoms with Crippen molar-refractivity contribution in [1.82, 2.24) is 0 Å². The standard InChI is InChI=1S/C15H14N2O4S/c1-20-13-6-7-14(21-2)15(9-13)22(18,19)17-12-5-3-4-11(8-12)10-16/h3-9,17H,1-2H3. The molecule has 6 nitrogen and oxygen atoms in total. The molecule has 0 spiro atoms. The molecule has 0 bridgehead atoms. The van der Waals surface area contributed by atoms with E-state index in [2.05, 4.69) is 4.72 Å². The number of anilines is 1. The number of nitrogens with one attached hydrogen (secondary N) is 1. The van der Waals surface area contributed by atoms with E-state index in [1.54, 1.807) is 24.3 Å². The number of rotatable bonds is 5. The molecule has 0 unspecified atom stereocenters. The number of benzene rings is 2. The Morgan fingerprint density at radius 1 is 1.09 bits per heavy atom. The molecule has 0 aliphatic carbocycles. The van der Waals surface area contributed by atoms with Crippen molar-refractivity contribution in [2.45, 2.75) is 4.90 Å². The number of sulfonamides is 1. The number of methoxy groups -OCH3 is 2. The van der Waals surface area contributed by atoms with Gasteiger partial charge in [0.25, 0.3) is 10.0 Å². The number of nitriles is 1. The maximum atomic E-state index is 12.5. The molecule has 114 valence electrons. The fourth-order valence-electron chi connectivity index (χ4n) is 1.86. The second-order valence-corrected chi connectivity index (χ2v) is 5.97. The normalized spacial score (nSPS) is 10.6. The third kappa shape index (κ3) is 3.30. The molecule has 22 heavy (non-hydrogen) atoms. The molecular weight excluding hydrogens is 304 g/mol. The van der Waals surface area contributed by atoms with Gasteiger partial charge in [-0.1, -0.05) is 6.07 Å². The summed E-state index contributed by atoms with van der Waals surface area (Å²) in [5.41, 5.74) is 0.654. The van der Waals surface area contributed by atoms with E-state index < -0.39 is 10.0 Å². The van der Waals surface area contributed by atoms with Crippen LogP contribution in [-0.4, -0.2) is 22.6 Å². The van der Waals surface area contributed by atoms with Gasteiger partial charge in [-0.25, -0.2) is 8.42 Å². The van der Waals surface area contributed by atoms with Gasteiger partial charge in [0, 0.05) is 6.07 Å². The van der Waals surface area contributed by atoms with E-state index in [0.29, 0.717) is 17.0 Å². The Morgan fingerprint density at radius 3 is 2.50 bits per heavy atom. The van der Waals surface area contributed by atoms with Crippen LogP contribution in [0, 0.1) is 11.3 Å². The maximum absolute atomic E-state index is 12.5. The Labute approximate surface area is 129 Å². The number of ether oxygens (including phenoxy) is 2. The highest BCUT2D eigenvalue weighted by Crippen LogP contribution is 2.29. The number of hydrogen-bond donors (Lipinski definition) is 1. The van der Waals surface area contributed by atoms with Gasteiger partial charge in [0.15, 0.2) is 0 Å². The van der Waals surface area contributed by atoms with Gasteiger partial charge in [0.2, 0.25) is 0 Å². The minimum Gasteiger partial charge on any atom is -0.497 e. The summed E-state index contributed by atoms with van der Waals surface area (Å²) in [6.45, 7) is 0. The summed E-state index contributed by atoms with van der Waals surface area (Å²) in [6.07, 6.45) is 0. The van der Waals surface area contributed by atoms with Crippen molar-refractivity contribution in [3.63, 3.8) is 0 Å². The van der Waals surface area contributed by atoms with Crippen LogP contribution < -0.4 is 14.2 Å². The van der Waals surface area contributed by atoms with Gasteiger partial charge in [-0.2, -0.15) is 5.26 Å². The summed E-state index contributed by atoms with van der Waals surface area (Å²) < 4.78 is 37.6. The van der Waals surface area contributed by atoms with Crippen molar-refractivity contribution in [3.05, 3.63) is 48.0 Å². The monoisotopic (exact) mass is 318 g/mol. The molecule has 0 saturated carbocycles. The molecule has 2 aromatic rings. The summed E-state index contributed by atoms with van der Waals surface area (Å²) in [4.78, 5) is -0.0447. The molecule has 0 atom stereocenters. The quantitative estimate of drug-likeness (QED) is 0.914. The molecule has 0 fully saturated rings. The van der Waals surface area contributed by atoms with Crippen LogP contribution >= 0.6 is 0 Å². The van der Waals surface area contributed by atoms with Gasteiger partial charge in [-0.3, -0.25) is 4.72 Å². The van der Waals surface area contributed by atoms with E-state index in [9.17, 15) is 8.42 Å². The van der Waals surface area contributed by atoms with E-state index in [1.165, 1.54) is 32.4 Å². The first kappa shape index (κ1) is 15.7. The number of nitrogens with zero attached hydrogens (tertiary/aromatic N) is 1. The smallest absolute Gasteiger partial charge is 0.265 e. The Kier molecular flexibility index (Phi) is 4.53. The molecule has 2 rings (SSSR count). The van der Waals surface area contributed by atoms with Gasteiger partial charge < -0.3 is 9.47 Å². The van der Waals surface area contributed by atoms with Crippen LogP contribution in [0.5, 0.6) is 11.5 Å². The lowest BCUT2D eigenvalue weighted by Crippen LogP contribution is -2.14. The van der Waals surface area contributed by atoms with E-state index in [1.807, 2.05) is 6.07 Å². The third-order valence-corrected chi connectivity index (χ3v) is 4.31. The Balaban J connectivity index is 2.44. The minimum absolute atomic E-state index is 0.0447. The van der Waals surface area contributed by atoms with Crippen LogP contribution in [0.25, 0.3) is 0 Å². The molecule has 0 aromatic heterocycles. The molecule has 0 amide bonds. The van der Waals surface area contributed by atoms with Gasteiger partial charge in [-0.15, -0.1) is 0 Å². The molecule has 0 radical (unpaired) electrons. The average molecular weight is 318 g/mol. The van der Waals surface area contributed by atoms with Crippen LogP contribution in [0.4, 0.5) is 5.69 Å².